The molecule has 4 fully saturated rings. The van der Waals surface area contributed by atoms with Crippen LogP contribution in [0.2, 0.25) is 0 Å². The second kappa shape index (κ2) is 6.20. The minimum Gasteiger partial charge on any atom is -0.303 e. The molecule has 0 aliphatic carbocycles. The lowest BCUT2D eigenvalue weighted by Gasteiger charge is -2.54. The number of piperazine rings is 1. The number of likely N-dealkylation sites (tertiary alicyclic amines) is 2. The van der Waals surface area contributed by atoms with E-state index >= 15 is 0 Å². The van der Waals surface area contributed by atoms with Gasteiger partial charge in [-0.2, -0.15) is 0 Å². The van der Waals surface area contributed by atoms with Crippen LogP contribution in [0.1, 0.15) is 6.42 Å². The van der Waals surface area contributed by atoms with E-state index in [2.05, 4.69) is 52.6 Å². The van der Waals surface area contributed by atoms with E-state index in [-0.39, 0.29) is 0 Å². The van der Waals surface area contributed by atoms with Gasteiger partial charge in [-0.05, 0) is 13.5 Å². The molecule has 4 saturated heterocycles. The fourth-order valence-electron chi connectivity index (χ4n) is 4.38. The number of hydrogen-bond donors (Lipinski definition) is 0. The van der Waals surface area contributed by atoms with Crippen molar-refractivity contribution in [1.29, 1.82) is 0 Å². The van der Waals surface area contributed by atoms with Crippen molar-refractivity contribution in [3.63, 3.8) is 0 Å². The van der Waals surface area contributed by atoms with Crippen LogP contribution in [0.25, 0.3) is 0 Å². The van der Waals surface area contributed by atoms with E-state index in [1.54, 1.807) is 0 Å². The molecule has 0 spiro atoms. The fourth-order valence-corrected chi connectivity index (χ4v) is 5.11. The molecule has 0 bridgehead atoms. The first-order valence-electron chi connectivity index (χ1n) is 8.50. The van der Waals surface area contributed by atoms with Gasteiger partial charge in [0.2, 0.25) is 0 Å². The standard InChI is InChI=1S/C15H28IN5/c1-17-8-14(9-17)20-10-15(11-20)19-6-4-18(5-7-19)13-2-3-21(16)12-13/h13-15H,2-12H2,1H3. The van der Waals surface area contributed by atoms with Crippen LogP contribution in [-0.4, -0.2) is 113 Å². The molecule has 1 unspecified atom stereocenters. The molecule has 21 heavy (non-hydrogen) atoms. The lowest BCUT2D eigenvalue weighted by atomic mass is 9.98. The molecule has 0 radical (unpaired) electrons. The first-order chi connectivity index (χ1) is 10.2. The maximum atomic E-state index is 2.76. The highest BCUT2D eigenvalue weighted by Crippen LogP contribution is 2.25. The molecule has 0 aromatic rings. The molecule has 4 aliphatic heterocycles. The van der Waals surface area contributed by atoms with Crippen molar-refractivity contribution in [1.82, 2.24) is 22.7 Å². The molecular weight excluding hydrogens is 377 g/mol. The monoisotopic (exact) mass is 405 g/mol. The van der Waals surface area contributed by atoms with Crippen LogP contribution < -0.4 is 0 Å². The molecule has 4 heterocycles. The van der Waals surface area contributed by atoms with Gasteiger partial charge >= 0.3 is 0 Å². The highest BCUT2D eigenvalue weighted by molar-refractivity contribution is 14.1. The van der Waals surface area contributed by atoms with E-state index in [1.165, 1.54) is 71.9 Å². The Morgan fingerprint density at radius 3 is 1.76 bits per heavy atom. The van der Waals surface area contributed by atoms with Crippen molar-refractivity contribution in [3.8, 4) is 0 Å². The zero-order chi connectivity index (χ0) is 14.4. The van der Waals surface area contributed by atoms with Crippen LogP contribution in [0.4, 0.5) is 0 Å². The van der Waals surface area contributed by atoms with E-state index in [0.29, 0.717) is 0 Å². The Morgan fingerprint density at radius 2 is 1.24 bits per heavy atom. The van der Waals surface area contributed by atoms with Crippen LogP contribution in [0.5, 0.6) is 0 Å². The third-order valence-electron chi connectivity index (χ3n) is 5.95. The minimum absolute atomic E-state index is 0.826. The number of rotatable bonds is 3. The molecule has 0 saturated carbocycles. The number of likely N-dealkylation sites (N-methyl/N-ethyl adjacent to an activating group) is 1. The number of nitrogens with zero attached hydrogens (tertiary/aromatic N) is 5. The van der Waals surface area contributed by atoms with Crippen molar-refractivity contribution < 1.29 is 0 Å². The summed E-state index contributed by atoms with van der Waals surface area (Å²) < 4.78 is 2.45. The molecule has 4 aliphatic rings. The lowest BCUT2D eigenvalue weighted by molar-refractivity contribution is -0.0563. The topological polar surface area (TPSA) is 16.2 Å². The number of hydrogen-bond acceptors (Lipinski definition) is 5. The average Bonchev–Trinajstić information content (AvgIpc) is 2.82. The Balaban J connectivity index is 1.18. The second-order valence-electron chi connectivity index (χ2n) is 7.37. The summed E-state index contributed by atoms with van der Waals surface area (Å²) in [5, 5.41) is 0. The molecule has 4 rings (SSSR count). The fraction of sp³-hybridized carbons (Fsp3) is 1.00. The van der Waals surface area contributed by atoms with Crippen LogP contribution >= 0.6 is 22.9 Å². The van der Waals surface area contributed by atoms with Crippen molar-refractivity contribution in [3.05, 3.63) is 0 Å². The number of halogens is 1. The van der Waals surface area contributed by atoms with E-state index in [0.717, 1.165) is 18.1 Å². The molecular formula is C15H28IN5. The summed E-state index contributed by atoms with van der Waals surface area (Å²) >= 11 is 2.48. The van der Waals surface area contributed by atoms with Gasteiger partial charge in [-0.25, -0.2) is 3.11 Å². The summed E-state index contributed by atoms with van der Waals surface area (Å²) in [5.41, 5.74) is 0. The Kier molecular flexibility index (Phi) is 4.45. The maximum absolute atomic E-state index is 2.76. The summed E-state index contributed by atoms with van der Waals surface area (Å²) in [6.45, 7) is 12.9. The Labute approximate surface area is 142 Å². The maximum Gasteiger partial charge on any atom is 0.0351 e. The smallest absolute Gasteiger partial charge is 0.0351 e. The minimum atomic E-state index is 0.826. The van der Waals surface area contributed by atoms with Gasteiger partial charge in [-0.3, -0.25) is 14.7 Å². The Morgan fingerprint density at radius 1 is 0.667 bits per heavy atom. The predicted molar refractivity (Wildman–Crippen MR) is 93.8 cm³/mol. The molecule has 0 aromatic carbocycles. The third kappa shape index (κ3) is 3.12. The normalized spacial score (nSPS) is 36.0. The third-order valence-corrected chi connectivity index (χ3v) is 6.82. The Hall–Kier alpha value is 0.530. The van der Waals surface area contributed by atoms with Gasteiger partial charge in [0.05, 0.1) is 0 Å². The predicted octanol–water partition coefficient (Wildman–Crippen LogP) is 0.0265. The lowest BCUT2D eigenvalue weighted by Crippen LogP contribution is -2.70. The Bertz CT molecular complexity index is 361. The van der Waals surface area contributed by atoms with Crippen molar-refractivity contribution >= 4 is 22.9 Å². The first kappa shape index (κ1) is 15.1. The summed E-state index contributed by atoms with van der Waals surface area (Å²) in [7, 11) is 2.23. The van der Waals surface area contributed by atoms with Crippen molar-refractivity contribution in [2.75, 3.05) is 72.5 Å². The quantitative estimate of drug-likeness (QED) is 0.485. The van der Waals surface area contributed by atoms with Gasteiger partial charge in [0.15, 0.2) is 0 Å². The van der Waals surface area contributed by atoms with Gasteiger partial charge in [-0.1, -0.05) is 0 Å². The summed E-state index contributed by atoms with van der Waals surface area (Å²) in [4.78, 5) is 10.6. The van der Waals surface area contributed by atoms with E-state index in [9.17, 15) is 0 Å². The van der Waals surface area contributed by atoms with Gasteiger partial charge in [0.1, 0.15) is 0 Å². The highest BCUT2D eigenvalue weighted by Gasteiger charge is 2.40. The van der Waals surface area contributed by atoms with Gasteiger partial charge in [0.25, 0.3) is 0 Å². The molecule has 0 aromatic heterocycles. The molecule has 120 valence electrons. The van der Waals surface area contributed by atoms with Crippen LogP contribution in [0.3, 0.4) is 0 Å². The van der Waals surface area contributed by atoms with Crippen molar-refractivity contribution in [2.24, 2.45) is 0 Å². The van der Waals surface area contributed by atoms with E-state index in [1.807, 2.05) is 0 Å². The van der Waals surface area contributed by atoms with E-state index < -0.39 is 0 Å². The zero-order valence-corrected chi connectivity index (χ0v) is 15.3. The summed E-state index contributed by atoms with van der Waals surface area (Å²) in [6, 6.07) is 2.54. The van der Waals surface area contributed by atoms with Crippen LogP contribution in [0.15, 0.2) is 0 Å². The zero-order valence-electron chi connectivity index (χ0n) is 13.1. The first-order valence-corrected chi connectivity index (χ1v) is 9.47. The SMILES string of the molecule is CN1CC(N2CC(N3CCN(C4CCN(I)C4)CC3)C2)C1. The molecule has 1 atom stereocenters. The molecule has 5 nitrogen and oxygen atoms in total. The van der Waals surface area contributed by atoms with Gasteiger partial charge < -0.3 is 4.90 Å². The average molecular weight is 405 g/mol. The second-order valence-corrected chi connectivity index (χ2v) is 8.73. The molecule has 6 heteroatoms. The highest BCUT2D eigenvalue weighted by atomic mass is 127. The molecule has 0 N–H and O–H groups in total. The van der Waals surface area contributed by atoms with Crippen molar-refractivity contribution in [2.45, 2.75) is 24.5 Å². The summed E-state index contributed by atoms with van der Waals surface area (Å²) in [5.74, 6) is 0. The van der Waals surface area contributed by atoms with Gasteiger partial charge in [0, 0.05) is 106 Å². The van der Waals surface area contributed by atoms with Crippen LogP contribution in [-0.2, 0) is 0 Å². The summed E-state index contributed by atoms with van der Waals surface area (Å²) in [6.07, 6.45) is 1.37. The van der Waals surface area contributed by atoms with Crippen LogP contribution in [0, 0.1) is 0 Å². The molecule has 0 amide bonds. The largest absolute Gasteiger partial charge is 0.303 e. The van der Waals surface area contributed by atoms with Gasteiger partial charge in [-0.15, -0.1) is 0 Å². The van der Waals surface area contributed by atoms with E-state index in [4.69, 9.17) is 0 Å².